The molecule has 5 heteroatoms. The molecule has 0 radical (unpaired) electrons. The quantitative estimate of drug-likeness (QED) is 0.578. The third kappa shape index (κ3) is 4.99. The average molecular weight is 303 g/mol. The Hall–Kier alpha value is -1.10. The van der Waals surface area contributed by atoms with Crippen molar-refractivity contribution >= 4 is 23.1 Å². The summed E-state index contributed by atoms with van der Waals surface area (Å²) >= 11 is 0. The number of H-pyrrole nitrogens is 1. The van der Waals surface area contributed by atoms with Gasteiger partial charge in [0.25, 0.3) is 0 Å². The molecule has 2 rings (SSSR count). The monoisotopic (exact) mass is 303 g/mol. The Kier molecular flexibility index (Phi) is 2.94. The average Bonchev–Trinajstić information content (AvgIpc) is 2.93. The molecule has 0 spiro atoms. The van der Waals surface area contributed by atoms with E-state index in [1.807, 2.05) is 0 Å². The molecule has 1 aromatic carbocycles. The molecule has 0 amide bonds. The molecule has 1 aromatic heterocycles. The summed E-state index contributed by atoms with van der Waals surface area (Å²) in [5.41, 5.74) is -2.08. The Labute approximate surface area is 159 Å². The molecule has 0 unspecified atom stereocenters. The van der Waals surface area contributed by atoms with E-state index in [4.69, 9.17) is 12.3 Å². The Morgan fingerprint density at radius 1 is 1.48 bits per heavy atom. The van der Waals surface area contributed by atoms with Crippen molar-refractivity contribution in [2.75, 3.05) is 0 Å². The number of carbonyl (C=O) groups is 1. The maximum Gasteiger partial charge on any atom is 1.00 e. The van der Waals surface area contributed by atoms with Crippen LogP contribution in [0, 0.1) is 5.41 Å². The van der Waals surface area contributed by atoms with Gasteiger partial charge >= 0.3 is 29.6 Å². The number of benzene rings is 1. The number of aliphatic imine (C=N–C) groups is 1. The molecule has 0 fully saturated rings. The van der Waals surface area contributed by atoms with E-state index in [1.165, 1.54) is 0 Å². The molecule has 4 nitrogen and oxygen atoms in total. The van der Waals surface area contributed by atoms with Crippen LogP contribution in [0.1, 0.15) is 38.5 Å². The number of carboxylic acid groups (broad SMARTS) is 1. The first kappa shape index (κ1) is 8.51. The van der Waals surface area contributed by atoms with Crippen molar-refractivity contribution in [3.63, 3.8) is 0 Å². The van der Waals surface area contributed by atoms with Gasteiger partial charge in [0.1, 0.15) is 0 Å². The second-order valence-corrected chi connectivity index (χ2v) is 4.48. The van der Waals surface area contributed by atoms with Crippen molar-refractivity contribution in [2.45, 2.75) is 33.0 Å². The normalized spacial score (nSPS) is 21.4. The van der Waals surface area contributed by atoms with Crippen molar-refractivity contribution in [3.05, 3.63) is 36.0 Å². The van der Waals surface area contributed by atoms with Crippen LogP contribution in [0.2, 0.25) is 0 Å². The van der Waals surface area contributed by atoms with Crippen LogP contribution in [-0.4, -0.2) is 23.2 Å². The van der Waals surface area contributed by atoms with E-state index in [0.717, 1.165) is 5.52 Å². The van der Waals surface area contributed by atoms with E-state index in [1.54, 1.807) is 30.5 Å². The van der Waals surface area contributed by atoms with Gasteiger partial charge in [0.2, 0.25) is 0 Å². The molecular weight excluding hydrogens is 275 g/mol. The van der Waals surface area contributed by atoms with Crippen LogP contribution in [0.15, 0.2) is 35.5 Å². The number of nitrogens with zero attached hydrogens (tertiary/aromatic N) is 1. The summed E-state index contributed by atoms with van der Waals surface area (Å²) in [6.45, 7) is -10.5. The van der Waals surface area contributed by atoms with E-state index in [9.17, 15) is 9.90 Å². The molecule has 0 bridgehead atoms. The predicted octanol–water partition coefficient (Wildman–Crippen LogP) is -1.05. The van der Waals surface area contributed by atoms with E-state index in [-0.39, 0.29) is 42.2 Å². The number of fused-ring (bicyclic) bond motifs is 1. The molecule has 0 aliphatic carbocycles. The molecule has 1 N–H and O–H groups in total. The molecule has 106 valence electrons. The van der Waals surface area contributed by atoms with E-state index < -0.39 is 38.0 Å². The van der Waals surface area contributed by atoms with Crippen LogP contribution < -0.4 is 34.7 Å². The van der Waals surface area contributed by atoms with Crippen LogP contribution in [0.25, 0.3) is 10.9 Å². The zero-order valence-corrected chi connectivity index (χ0v) is 13.5. The number of aliphatic carboxylic acids is 1. The first-order valence-electron chi connectivity index (χ1n) is 10.4. The summed E-state index contributed by atoms with van der Waals surface area (Å²) in [6, 6.07) is 5.32. The van der Waals surface area contributed by atoms with Crippen molar-refractivity contribution in [2.24, 2.45) is 10.4 Å². The standard InChI is InChI=1S/C16H20N2O2.Na/c1-16(2,3)10-18-14(15(19)20)8-11-9-17-13-7-5-4-6-12(11)13;/h4-7,9-10,14,17H,8H2,1-3H3,(H,19,20);/q;+1/p-1/t14-;/m0./s1/i1D3,2D3,3D3;. The second kappa shape index (κ2) is 7.25. The third-order valence-corrected chi connectivity index (χ3v) is 2.81. The Bertz CT molecular complexity index is 880. The summed E-state index contributed by atoms with van der Waals surface area (Å²) in [5.74, 6) is -1.69. The number of aromatic nitrogens is 1. The topological polar surface area (TPSA) is 68.3 Å². The molecule has 0 aliphatic heterocycles. The fourth-order valence-corrected chi connectivity index (χ4v) is 1.91. The molecular formula is C16H19N2NaO2. The minimum Gasteiger partial charge on any atom is -0.548 e. The number of para-hydroxylation sites is 1. The third-order valence-electron chi connectivity index (χ3n) is 2.81. The molecule has 2 aromatic rings. The van der Waals surface area contributed by atoms with Gasteiger partial charge < -0.3 is 14.9 Å². The molecule has 1 heterocycles. The number of rotatable bonds is 4. The van der Waals surface area contributed by atoms with Gasteiger partial charge in [-0.05, 0) is 17.0 Å². The number of hydrogen-bond acceptors (Lipinski definition) is 3. The predicted molar refractivity (Wildman–Crippen MR) is 78.7 cm³/mol. The first-order valence-corrected chi connectivity index (χ1v) is 5.92. The summed E-state index contributed by atoms with van der Waals surface area (Å²) in [6.07, 6.45) is 1.54. The summed E-state index contributed by atoms with van der Waals surface area (Å²) in [5, 5.41) is 12.3. The number of hydrogen-bond donors (Lipinski definition) is 1. The van der Waals surface area contributed by atoms with Crippen molar-refractivity contribution in [1.82, 2.24) is 4.98 Å². The van der Waals surface area contributed by atoms with Gasteiger partial charge in [0.15, 0.2) is 0 Å². The number of carboxylic acids is 1. The van der Waals surface area contributed by atoms with Gasteiger partial charge in [-0.3, -0.25) is 4.99 Å². The fourth-order valence-electron chi connectivity index (χ4n) is 1.91. The maximum absolute atomic E-state index is 11.6. The van der Waals surface area contributed by atoms with E-state index in [2.05, 4.69) is 9.98 Å². The largest absolute Gasteiger partial charge is 1.00 e. The number of nitrogens with one attached hydrogen (secondary N) is 1. The van der Waals surface area contributed by atoms with Crippen LogP contribution in [-0.2, 0) is 11.2 Å². The first-order chi connectivity index (χ1) is 13.1. The van der Waals surface area contributed by atoms with Gasteiger partial charge in [-0.1, -0.05) is 38.8 Å². The van der Waals surface area contributed by atoms with E-state index in [0.29, 0.717) is 10.9 Å². The molecule has 0 saturated carbocycles. The van der Waals surface area contributed by atoms with Crippen LogP contribution in [0.4, 0.5) is 0 Å². The molecule has 0 saturated heterocycles. The zero-order chi connectivity index (χ0) is 22.3. The van der Waals surface area contributed by atoms with Crippen molar-refractivity contribution < 1.29 is 51.8 Å². The van der Waals surface area contributed by atoms with Crippen molar-refractivity contribution in [3.8, 4) is 0 Å². The Morgan fingerprint density at radius 3 is 2.86 bits per heavy atom. The maximum atomic E-state index is 11.6. The van der Waals surface area contributed by atoms with Gasteiger partial charge in [0, 0.05) is 42.1 Å². The van der Waals surface area contributed by atoms with Gasteiger partial charge in [-0.2, -0.15) is 0 Å². The Balaban J connectivity index is 0.00000450. The molecule has 21 heavy (non-hydrogen) atoms. The van der Waals surface area contributed by atoms with Gasteiger partial charge in [0.05, 0.1) is 12.0 Å². The summed E-state index contributed by atoms with van der Waals surface area (Å²) in [4.78, 5) is 18.1. The smallest absolute Gasteiger partial charge is 0.548 e. The molecule has 0 aliphatic rings. The van der Waals surface area contributed by atoms with Gasteiger partial charge in [-0.15, -0.1) is 0 Å². The van der Waals surface area contributed by atoms with Crippen LogP contribution in [0.3, 0.4) is 0 Å². The summed E-state index contributed by atoms with van der Waals surface area (Å²) in [7, 11) is 0. The number of aromatic amines is 1. The van der Waals surface area contributed by atoms with E-state index >= 15 is 0 Å². The van der Waals surface area contributed by atoms with Crippen LogP contribution in [0.5, 0.6) is 0 Å². The number of carbonyl (C=O) groups excluding carboxylic acids is 1. The minimum absolute atomic E-state index is 0. The molecule has 1 atom stereocenters. The van der Waals surface area contributed by atoms with Crippen molar-refractivity contribution in [1.29, 1.82) is 0 Å². The van der Waals surface area contributed by atoms with Gasteiger partial charge in [-0.25, -0.2) is 0 Å². The SMILES string of the molecule is [2H]C([2H])([2H])C(C=N[C@@H](Cc1c[nH]c2ccccc12)C(=O)[O-])(C([2H])([2H])[2H])C([2H])([2H])[2H].[Na+]. The minimum atomic E-state index is -3.50. The second-order valence-electron chi connectivity index (χ2n) is 4.48. The Morgan fingerprint density at radius 2 is 2.19 bits per heavy atom. The summed E-state index contributed by atoms with van der Waals surface area (Å²) < 4.78 is 68.0. The zero-order valence-electron chi connectivity index (χ0n) is 20.5. The fraction of sp³-hybridized carbons (Fsp3) is 0.375. The van der Waals surface area contributed by atoms with Crippen LogP contribution >= 0.6 is 0 Å².